The second-order valence-corrected chi connectivity index (χ2v) is 3.18. The van der Waals surface area contributed by atoms with Crippen LogP contribution in [0.5, 0.6) is 0 Å². The molecule has 0 aliphatic heterocycles. The number of carbonyl (C=O) groups is 2. The molecule has 5 heteroatoms. The molecule has 1 N–H and O–H groups in total. The maximum atomic E-state index is 11.3. The molecule has 0 unspecified atom stereocenters. The van der Waals surface area contributed by atoms with Crippen LogP contribution in [-0.2, 0) is 9.59 Å². The number of hydrogen-bond acceptors (Lipinski definition) is 4. The van der Waals surface area contributed by atoms with Crippen molar-refractivity contribution in [1.82, 2.24) is 9.97 Å². The molecule has 0 bridgehead atoms. The lowest BCUT2D eigenvalue weighted by Gasteiger charge is -2.05. The van der Waals surface area contributed by atoms with Crippen LogP contribution in [0.2, 0.25) is 0 Å². The molecule has 0 aliphatic carbocycles. The molecule has 0 saturated carbocycles. The SMILES string of the molecule is O=CCC(=O)Nc1nccc2cnccc12. The van der Waals surface area contributed by atoms with Gasteiger partial charge in [0, 0.05) is 29.4 Å². The molecular weight excluding hydrogens is 206 g/mol. The maximum absolute atomic E-state index is 11.3. The fourth-order valence-corrected chi connectivity index (χ4v) is 1.38. The Morgan fingerprint density at radius 2 is 2.25 bits per heavy atom. The number of aldehydes is 1. The number of amides is 1. The maximum Gasteiger partial charge on any atom is 0.232 e. The summed E-state index contributed by atoms with van der Waals surface area (Å²) in [4.78, 5) is 29.5. The second kappa shape index (κ2) is 4.48. The van der Waals surface area contributed by atoms with Gasteiger partial charge in [0.25, 0.3) is 0 Å². The van der Waals surface area contributed by atoms with Crippen molar-refractivity contribution >= 4 is 28.8 Å². The normalized spacial score (nSPS) is 10.0. The van der Waals surface area contributed by atoms with Crippen molar-refractivity contribution in [2.45, 2.75) is 6.42 Å². The van der Waals surface area contributed by atoms with Crippen molar-refractivity contribution in [1.29, 1.82) is 0 Å². The van der Waals surface area contributed by atoms with Gasteiger partial charge in [0.05, 0.1) is 6.42 Å². The van der Waals surface area contributed by atoms with Crippen LogP contribution in [-0.4, -0.2) is 22.2 Å². The highest BCUT2D eigenvalue weighted by Gasteiger charge is 2.05. The summed E-state index contributed by atoms with van der Waals surface area (Å²) in [6.07, 6.45) is 5.29. The number of hydrogen-bond donors (Lipinski definition) is 1. The minimum Gasteiger partial charge on any atom is -0.310 e. The molecular formula is C11H9N3O2. The highest BCUT2D eigenvalue weighted by atomic mass is 16.2. The van der Waals surface area contributed by atoms with Gasteiger partial charge in [-0.3, -0.25) is 9.78 Å². The molecule has 2 aromatic rings. The van der Waals surface area contributed by atoms with Gasteiger partial charge < -0.3 is 10.1 Å². The predicted octanol–water partition coefficient (Wildman–Crippen LogP) is 1.16. The van der Waals surface area contributed by atoms with Gasteiger partial charge in [-0.15, -0.1) is 0 Å². The van der Waals surface area contributed by atoms with Crippen LogP contribution in [0.4, 0.5) is 5.82 Å². The van der Waals surface area contributed by atoms with E-state index in [1.807, 2.05) is 0 Å². The molecule has 0 spiro atoms. The molecule has 80 valence electrons. The minimum atomic E-state index is -0.369. The van der Waals surface area contributed by atoms with Gasteiger partial charge in [0.15, 0.2) is 0 Å². The molecule has 0 atom stereocenters. The van der Waals surface area contributed by atoms with Crippen molar-refractivity contribution in [3.8, 4) is 0 Å². The van der Waals surface area contributed by atoms with E-state index < -0.39 is 0 Å². The van der Waals surface area contributed by atoms with E-state index in [1.165, 1.54) is 0 Å². The van der Waals surface area contributed by atoms with E-state index in [2.05, 4.69) is 15.3 Å². The van der Waals surface area contributed by atoms with Crippen molar-refractivity contribution < 1.29 is 9.59 Å². The monoisotopic (exact) mass is 215 g/mol. The number of carbonyl (C=O) groups excluding carboxylic acids is 2. The lowest BCUT2D eigenvalue weighted by atomic mass is 10.2. The first-order chi connectivity index (χ1) is 7.81. The summed E-state index contributed by atoms with van der Waals surface area (Å²) < 4.78 is 0. The average molecular weight is 215 g/mol. The summed E-state index contributed by atoms with van der Waals surface area (Å²) in [6.45, 7) is 0. The van der Waals surface area contributed by atoms with E-state index in [-0.39, 0.29) is 12.3 Å². The molecule has 1 amide bonds. The number of aromatic nitrogens is 2. The first kappa shape index (κ1) is 10.2. The highest BCUT2D eigenvalue weighted by Crippen LogP contribution is 2.19. The van der Waals surface area contributed by atoms with Crippen LogP contribution in [0, 0.1) is 0 Å². The Morgan fingerprint density at radius 1 is 1.38 bits per heavy atom. The zero-order valence-corrected chi connectivity index (χ0v) is 8.38. The van der Waals surface area contributed by atoms with Gasteiger partial charge in [-0.05, 0) is 12.1 Å². The van der Waals surface area contributed by atoms with Crippen LogP contribution < -0.4 is 5.32 Å². The minimum absolute atomic E-state index is 0.164. The molecule has 16 heavy (non-hydrogen) atoms. The van der Waals surface area contributed by atoms with E-state index in [9.17, 15) is 9.59 Å². The molecule has 2 aromatic heterocycles. The summed E-state index contributed by atoms with van der Waals surface area (Å²) in [5, 5.41) is 4.27. The third kappa shape index (κ3) is 2.03. The molecule has 0 fully saturated rings. The third-order valence-corrected chi connectivity index (χ3v) is 2.09. The largest absolute Gasteiger partial charge is 0.310 e. The number of rotatable bonds is 3. The highest BCUT2D eigenvalue weighted by molar-refractivity contribution is 6.03. The van der Waals surface area contributed by atoms with Crippen LogP contribution in [0.15, 0.2) is 30.7 Å². The molecule has 0 saturated heterocycles. The fraction of sp³-hybridized carbons (Fsp3) is 0.0909. The van der Waals surface area contributed by atoms with E-state index >= 15 is 0 Å². The van der Waals surface area contributed by atoms with Crippen LogP contribution in [0.1, 0.15) is 6.42 Å². The molecule has 0 aliphatic rings. The van der Waals surface area contributed by atoms with Crippen LogP contribution in [0.25, 0.3) is 10.8 Å². The van der Waals surface area contributed by atoms with E-state index in [1.54, 1.807) is 30.7 Å². The van der Waals surface area contributed by atoms with E-state index in [0.29, 0.717) is 12.1 Å². The number of nitrogens with one attached hydrogen (secondary N) is 1. The second-order valence-electron chi connectivity index (χ2n) is 3.18. The fourth-order valence-electron chi connectivity index (χ4n) is 1.38. The summed E-state index contributed by atoms with van der Waals surface area (Å²) >= 11 is 0. The Hall–Kier alpha value is -2.30. The van der Waals surface area contributed by atoms with Gasteiger partial charge in [-0.2, -0.15) is 0 Å². The zero-order valence-electron chi connectivity index (χ0n) is 8.38. The first-order valence-electron chi connectivity index (χ1n) is 4.73. The predicted molar refractivity (Wildman–Crippen MR) is 58.8 cm³/mol. The zero-order chi connectivity index (χ0) is 11.4. The Balaban J connectivity index is 2.37. The molecule has 0 aromatic carbocycles. The Kier molecular flexibility index (Phi) is 2.86. The standard InChI is InChI=1S/C11H9N3O2/c15-6-3-10(16)14-11-9-2-4-12-7-8(9)1-5-13-11/h1-2,4-7H,3H2,(H,13,14,16). The first-order valence-corrected chi connectivity index (χ1v) is 4.73. The van der Waals surface area contributed by atoms with Crippen molar-refractivity contribution in [2.75, 3.05) is 5.32 Å². The smallest absolute Gasteiger partial charge is 0.232 e. The third-order valence-electron chi connectivity index (χ3n) is 2.09. The van der Waals surface area contributed by atoms with Gasteiger partial charge >= 0.3 is 0 Å². The number of nitrogens with zero attached hydrogens (tertiary/aromatic N) is 2. The molecule has 2 rings (SSSR count). The Morgan fingerprint density at radius 3 is 3.06 bits per heavy atom. The van der Waals surface area contributed by atoms with Crippen molar-refractivity contribution in [3.05, 3.63) is 30.7 Å². The van der Waals surface area contributed by atoms with E-state index in [0.717, 1.165) is 10.8 Å². The summed E-state index contributed by atoms with van der Waals surface area (Å²) in [5.74, 6) is 0.0820. The lowest BCUT2D eigenvalue weighted by molar-refractivity contribution is -0.119. The van der Waals surface area contributed by atoms with Crippen molar-refractivity contribution in [3.63, 3.8) is 0 Å². The topological polar surface area (TPSA) is 72.0 Å². The van der Waals surface area contributed by atoms with Gasteiger partial charge in [-0.1, -0.05) is 0 Å². The Bertz CT molecular complexity index is 534. The average Bonchev–Trinajstić information content (AvgIpc) is 2.30. The molecule has 0 radical (unpaired) electrons. The number of fused-ring (bicyclic) bond motifs is 1. The molecule has 5 nitrogen and oxygen atoms in total. The van der Waals surface area contributed by atoms with Gasteiger partial charge in [0.2, 0.25) is 5.91 Å². The quantitative estimate of drug-likeness (QED) is 0.616. The summed E-state index contributed by atoms with van der Waals surface area (Å²) in [6, 6.07) is 3.57. The lowest BCUT2D eigenvalue weighted by Crippen LogP contribution is -2.12. The summed E-state index contributed by atoms with van der Waals surface area (Å²) in [7, 11) is 0. The van der Waals surface area contributed by atoms with Crippen LogP contribution >= 0.6 is 0 Å². The van der Waals surface area contributed by atoms with Crippen LogP contribution in [0.3, 0.4) is 0 Å². The van der Waals surface area contributed by atoms with E-state index in [4.69, 9.17) is 0 Å². The Labute approximate surface area is 91.5 Å². The summed E-state index contributed by atoms with van der Waals surface area (Å²) in [5.41, 5.74) is 0. The van der Waals surface area contributed by atoms with Gasteiger partial charge in [0.1, 0.15) is 12.1 Å². The number of anilines is 1. The molecule has 2 heterocycles. The van der Waals surface area contributed by atoms with Gasteiger partial charge in [-0.25, -0.2) is 4.98 Å². The number of pyridine rings is 2. The van der Waals surface area contributed by atoms with Crippen molar-refractivity contribution in [2.24, 2.45) is 0 Å².